The summed E-state index contributed by atoms with van der Waals surface area (Å²) >= 11 is 0. The number of hydrogen-bond donors (Lipinski definition) is 2. The van der Waals surface area contributed by atoms with E-state index in [0.29, 0.717) is 30.7 Å². The van der Waals surface area contributed by atoms with Crippen LogP contribution < -0.4 is 10.6 Å². The number of halogens is 1. The highest BCUT2D eigenvalue weighted by Gasteiger charge is 2.16. The highest BCUT2D eigenvalue weighted by Crippen LogP contribution is 2.22. The fraction of sp³-hybridized carbons (Fsp3) is 0.722. The van der Waals surface area contributed by atoms with Gasteiger partial charge in [-0.25, -0.2) is 4.99 Å². The van der Waals surface area contributed by atoms with Gasteiger partial charge in [-0.15, -0.1) is 24.0 Å². The molecule has 0 radical (unpaired) electrons. The molecule has 1 aromatic heterocycles. The van der Waals surface area contributed by atoms with Crippen molar-refractivity contribution in [2.45, 2.75) is 72.4 Å². The summed E-state index contributed by atoms with van der Waals surface area (Å²) in [5.74, 6) is 1.33. The molecule has 0 spiro atoms. The predicted molar refractivity (Wildman–Crippen MR) is 114 cm³/mol. The average molecular weight is 480 g/mol. The molecule has 1 heterocycles. The van der Waals surface area contributed by atoms with Crippen LogP contribution in [-0.2, 0) is 16.1 Å². The highest BCUT2D eigenvalue weighted by atomic mass is 127. The lowest BCUT2D eigenvalue weighted by Crippen LogP contribution is -2.41. The van der Waals surface area contributed by atoms with Crippen molar-refractivity contribution in [3.05, 3.63) is 17.5 Å². The number of hydrogen-bond acceptors (Lipinski definition) is 5. The number of nitrogens with one attached hydrogen (secondary N) is 2. The summed E-state index contributed by atoms with van der Waals surface area (Å²) in [5, 5.41) is 10.2. The molecular weight excluding hydrogens is 447 g/mol. The van der Waals surface area contributed by atoms with Crippen LogP contribution in [0.5, 0.6) is 0 Å². The van der Waals surface area contributed by atoms with E-state index in [4.69, 9.17) is 9.26 Å². The Bertz CT molecular complexity index is 563. The van der Waals surface area contributed by atoms with Gasteiger partial charge in [-0.1, -0.05) is 19.0 Å². The van der Waals surface area contributed by atoms with E-state index in [2.05, 4.69) is 34.6 Å². The Hall–Kier alpha value is -1.32. The maximum absolute atomic E-state index is 11.8. The Morgan fingerprint density at radius 2 is 1.92 bits per heavy atom. The Morgan fingerprint density at radius 3 is 2.46 bits per heavy atom. The number of aliphatic imine (C=N–C) groups is 1. The first kappa shape index (κ1) is 24.7. The second-order valence-electron chi connectivity index (χ2n) is 6.87. The molecule has 0 unspecified atom stereocenters. The van der Waals surface area contributed by atoms with Crippen molar-refractivity contribution in [3.8, 4) is 0 Å². The molecule has 0 aliphatic carbocycles. The summed E-state index contributed by atoms with van der Waals surface area (Å²) in [6.07, 6.45) is 2.07. The minimum absolute atomic E-state index is 0. The Morgan fingerprint density at radius 1 is 1.27 bits per heavy atom. The lowest BCUT2D eigenvalue weighted by molar-refractivity contribution is -0.153. The number of esters is 1. The van der Waals surface area contributed by atoms with Crippen LogP contribution >= 0.6 is 24.0 Å². The number of nitrogens with zero attached hydrogens (tertiary/aromatic N) is 2. The van der Waals surface area contributed by atoms with Gasteiger partial charge in [0.15, 0.2) is 11.7 Å². The van der Waals surface area contributed by atoms with E-state index in [-0.39, 0.29) is 36.5 Å². The molecule has 0 bridgehead atoms. The van der Waals surface area contributed by atoms with E-state index in [1.54, 1.807) is 0 Å². The molecule has 0 saturated carbocycles. The Balaban J connectivity index is 0.00000625. The molecule has 0 aliphatic heterocycles. The molecule has 1 rings (SSSR count). The Kier molecular flexibility index (Phi) is 11.5. The molecule has 0 atom stereocenters. The zero-order valence-corrected chi connectivity index (χ0v) is 19.0. The van der Waals surface area contributed by atoms with Gasteiger partial charge in [0.25, 0.3) is 0 Å². The number of rotatable bonds is 8. The monoisotopic (exact) mass is 480 g/mol. The minimum atomic E-state index is -0.500. The van der Waals surface area contributed by atoms with Gasteiger partial charge in [-0.3, -0.25) is 4.79 Å². The Labute approximate surface area is 173 Å². The third-order valence-electron chi connectivity index (χ3n) is 3.54. The van der Waals surface area contributed by atoms with Gasteiger partial charge >= 0.3 is 5.97 Å². The average Bonchev–Trinajstić information content (AvgIpc) is 2.98. The molecule has 0 aromatic carbocycles. The van der Waals surface area contributed by atoms with E-state index in [9.17, 15) is 4.79 Å². The second kappa shape index (κ2) is 12.1. The first-order valence-corrected chi connectivity index (χ1v) is 8.98. The van der Waals surface area contributed by atoms with Crippen LogP contribution in [0.15, 0.2) is 15.6 Å². The number of aromatic nitrogens is 1. The van der Waals surface area contributed by atoms with Crippen LogP contribution in [-0.4, -0.2) is 35.8 Å². The van der Waals surface area contributed by atoms with Crippen LogP contribution in [0.4, 0.5) is 0 Å². The van der Waals surface area contributed by atoms with Crippen LogP contribution in [0.2, 0.25) is 0 Å². The first-order chi connectivity index (χ1) is 11.8. The van der Waals surface area contributed by atoms with Crippen molar-refractivity contribution in [3.63, 3.8) is 0 Å². The number of guanidine groups is 1. The molecule has 0 aliphatic rings. The van der Waals surface area contributed by atoms with Gasteiger partial charge in [0, 0.05) is 18.5 Å². The van der Waals surface area contributed by atoms with Gasteiger partial charge in [0.2, 0.25) is 0 Å². The van der Waals surface area contributed by atoms with Crippen molar-refractivity contribution in [1.29, 1.82) is 0 Å². The van der Waals surface area contributed by atoms with Crippen molar-refractivity contribution in [2.75, 3.05) is 13.1 Å². The number of ether oxygens (including phenoxy) is 1. The SMILES string of the molecule is CCNC(=NCc1cc(C(CC)CC)no1)NCC(=O)OC(C)(C)C.I. The molecule has 2 N–H and O–H groups in total. The molecule has 150 valence electrons. The normalized spacial score (nSPS) is 11.9. The zero-order valence-electron chi connectivity index (χ0n) is 16.7. The van der Waals surface area contributed by atoms with Gasteiger partial charge in [0.1, 0.15) is 18.7 Å². The lowest BCUT2D eigenvalue weighted by Gasteiger charge is -2.20. The molecule has 0 saturated heterocycles. The van der Waals surface area contributed by atoms with Gasteiger partial charge in [-0.2, -0.15) is 0 Å². The summed E-state index contributed by atoms with van der Waals surface area (Å²) in [6, 6.07) is 1.96. The first-order valence-electron chi connectivity index (χ1n) is 8.98. The largest absolute Gasteiger partial charge is 0.459 e. The zero-order chi connectivity index (χ0) is 18.9. The molecule has 0 fully saturated rings. The molecular formula is C18H33IN4O3. The van der Waals surface area contributed by atoms with Crippen LogP contribution in [0.3, 0.4) is 0 Å². The molecule has 26 heavy (non-hydrogen) atoms. The predicted octanol–water partition coefficient (Wildman–Crippen LogP) is 3.59. The van der Waals surface area contributed by atoms with E-state index in [0.717, 1.165) is 18.5 Å². The van der Waals surface area contributed by atoms with Crippen molar-refractivity contribution >= 4 is 35.9 Å². The summed E-state index contributed by atoms with van der Waals surface area (Å²) < 4.78 is 10.6. The van der Waals surface area contributed by atoms with E-state index < -0.39 is 5.60 Å². The van der Waals surface area contributed by atoms with E-state index in [1.165, 1.54) is 0 Å². The molecule has 7 nitrogen and oxygen atoms in total. The minimum Gasteiger partial charge on any atom is -0.459 e. The maximum Gasteiger partial charge on any atom is 0.325 e. The van der Waals surface area contributed by atoms with Crippen LogP contribution in [0, 0.1) is 0 Å². The molecule has 1 aromatic rings. The summed E-state index contributed by atoms with van der Waals surface area (Å²) in [7, 11) is 0. The summed E-state index contributed by atoms with van der Waals surface area (Å²) in [6.45, 7) is 12.9. The smallest absolute Gasteiger partial charge is 0.325 e. The third kappa shape index (κ3) is 9.40. The van der Waals surface area contributed by atoms with E-state index in [1.807, 2.05) is 33.8 Å². The lowest BCUT2D eigenvalue weighted by atomic mass is 9.99. The van der Waals surface area contributed by atoms with Crippen LogP contribution in [0.25, 0.3) is 0 Å². The standard InChI is InChI=1S/C18H32N4O3.HI/c1-7-13(8-2)15-10-14(25-22-15)11-20-17(19-9-3)21-12-16(23)24-18(4,5)6;/h10,13H,7-9,11-12H2,1-6H3,(H2,19,20,21);1H. The molecule has 8 heteroatoms. The second-order valence-corrected chi connectivity index (χ2v) is 6.87. The van der Waals surface area contributed by atoms with Gasteiger partial charge in [0.05, 0.1) is 5.69 Å². The topological polar surface area (TPSA) is 88.8 Å². The maximum atomic E-state index is 11.8. The van der Waals surface area contributed by atoms with E-state index >= 15 is 0 Å². The number of carbonyl (C=O) groups is 1. The fourth-order valence-electron chi connectivity index (χ4n) is 2.34. The van der Waals surface area contributed by atoms with Crippen molar-refractivity contribution in [1.82, 2.24) is 15.8 Å². The fourth-order valence-corrected chi connectivity index (χ4v) is 2.34. The summed E-state index contributed by atoms with van der Waals surface area (Å²) in [5.41, 5.74) is 0.474. The third-order valence-corrected chi connectivity index (χ3v) is 3.54. The number of carbonyl (C=O) groups excluding carboxylic acids is 1. The molecule has 0 amide bonds. The van der Waals surface area contributed by atoms with Gasteiger partial charge in [-0.05, 0) is 40.5 Å². The van der Waals surface area contributed by atoms with Crippen molar-refractivity contribution < 1.29 is 14.1 Å². The van der Waals surface area contributed by atoms with Crippen LogP contribution in [0.1, 0.15) is 71.8 Å². The van der Waals surface area contributed by atoms with Crippen molar-refractivity contribution in [2.24, 2.45) is 4.99 Å². The quantitative estimate of drug-likeness (QED) is 0.256. The van der Waals surface area contributed by atoms with Gasteiger partial charge < -0.3 is 19.9 Å². The highest BCUT2D eigenvalue weighted by molar-refractivity contribution is 14.0. The summed E-state index contributed by atoms with van der Waals surface area (Å²) in [4.78, 5) is 16.2.